The molecule has 1 aliphatic heterocycles. The summed E-state index contributed by atoms with van der Waals surface area (Å²) in [6.45, 7) is 0.496. The maximum absolute atomic E-state index is 11.5. The number of benzene rings is 1. The molecule has 1 aromatic carbocycles. The van der Waals surface area contributed by atoms with Crippen LogP contribution in [0.2, 0.25) is 0 Å². The van der Waals surface area contributed by atoms with Crippen LogP contribution in [0.5, 0.6) is 0 Å². The highest BCUT2D eigenvalue weighted by molar-refractivity contribution is 8.13. The number of ether oxygens (including phenoxy) is 1. The van der Waals surface area contributed by atoms with Gasteiger partial charge in [-0.1, -0.05) is 42.1 Å². The van der Waals surface area contributed by atoms with E-state index in [9.17, 15) is 14.4 Å². The first-order valence-electron chi connectivity index (χ1n) is 6.53. The van der Waals surface area contributed by atoms with Gasteiger partial charge in [0.15, 0.2) is 6.61 Å². The molecule has 0 radical (unpaired) electrons. The molecule has 0 atom stereocenters. The normalized spacial score (nSPS) is 14.1. The molecule has 0 bridgehead atoms. The maximum atomic E-state index is 11.5. The van der Waals surface area contributed by atoms with Crippen molar-refractivity contribution in [1.29, 1.82) is 0 Å². The molecule has 1 aliphatic rings. The van der Waals surface area contributed by atoms with E-state index in [2.05, 4.69) is 5.32 Å². The lowest BCUT2D eigenvalue weighted by Crippen LogP contribution is -2.34. The standard InChI is InChI=1S/C14H16N2O4S/c17-12(15-8-11-4-2-1-3-5-11)10-20-13(18)9-16-6-7-21-14(16)19/h1-5H,6-10H2,(H,15,17). The van der Waals surface area contributed by atoms with Crippen molar-refractivity contribution in [3.63, 3.8) is 0 Å². The van der Waals surface area contributed by atoms with E-state index in [0.29, 0.717) is 18.8 Å². The molecule has 112 valence electrons. The fraction of sp³-hybridized carbons (Fsp3) is 0.357. The molecule has 1 saturated heterocycles. The summed E-state index contributed by atoms with van der Waals surface area (Å²) in [6.07, 6.45) is 0. The van der Waals surface area contributed by atoms with Gasteiger partial charge in [0, 0.05) is 18.8 Å². The molecule has 6 nitrogen and oxygen atoms in total. The molecule has 21 heavy (non-hydrogen) atoms. The van der Waals surface area contributed by atoms with Gasteiger partial charge in [-0.3, -0.25) is 14.4 Å². The van der Waals surface area contributed by atoms with Crippen LogP contribution in [0.25, 0.3) is 0 Å². The fourth-order valence-corrected chi connectivity index (χ4v) is 2.59. The molecule has 0 spiro atoms. The molecule has 0 aliphatic carbocycles. The Labute approximate surface area is 126 Å². The van der Waals surface area contributed by atoms with Crippen LogP contribution in [-0.4, -0.2) is 47.5 Å². The van der Waals surface area contributed by atoms with E-state index in [1.54, 1.807) is 0 Å². The van der Waals surface area contributed by atoms with Crippen molar-refractivity contribution in [2.24, 2.45) is 0 Å². The summed E-state index contributed by atoms with van der Waals surface area (Å²) in [6, 6.07) is 9.44. The highest BCUT2D eigenvalue weighted by Crippen LogP contribution is 2.16. The van der Waals surface area contributed by atoms with Crippen molar-refractivity contribution < 1.29 is 19.1 Å². The number of carbonyl (C=O) groups is 3. The number of rotatable bonds is 6. The van der Waals surface area contributed by atoms with Crippen LogP contribution < -0.4 is 5.32 Å². The van der Waals surface area contributed by atoms with Crippen molar-refractivity contribution in [3.8, 4) is 0 Å². The Balaban J connectivity index is 1.64. The number of nitrogens with one attached hydrogen (secondary N) is 1. The summed E-state index contributed by atoms with van der Waals surface area (Å²) in [5.74, 6) is -0.251. The number of hydrogen-bond acceptors (Lipinski definition) is 5. The molecular weight excluding hydrogens is 292 g/mol. The Morgan fingerprint density at radius 3 is 2.71 bits per heavy atom. The number of thioether (sulfide) groups is 1. The predicted octanol–water partition coefficient (Wildman–Crippen LogP) is 1.01. The van der Waals surface area contributed by atoms with Gasteiger partial charge in [0.05, 0.1) is 0 Å². The predicted molar refractivity (Wildman–Crippen MR) is 78.7 cm³/mol. The average Bonchev–Trinajstić information content (AvgIpc) is 2.89. The van der Waals surface area contributed by atoms with Crippen molar-refractivity contribution in [1.82, 2.24) is 10.2 Å². The van der Waals surface area contributed by atoms with Crippen LogP contribution in [0.15, 0.2) is 30.3 Å². The molecule has 7 heteroatoms. The van der Waals surface area contributed by atoms with Crippen LogP contribution in [0.1, 0.15) is 5.56 Å². The number of carbonyl (C=O) groups excluding carboxylic acids is 3. The molecule has 2 amide bonds. The zero-order valence-corrected chi connectivity index (χ0v) is 12.2. The van der Waals surface area contributed by atoms with Gasteiger partial charge >= 0.3 is 5.97 Å². The van der Waals surface area contributed by atoms with E-state index in [-0.39, 0.29) is 24.3 Å². The van der Waals surface area contributed by atoms with E-state index in [0.717, 1.165) is 5.56 Å². The minimum Gasteiger partial charge on any atom is -0.454 e. The van der Waals surface area contributed by atoms with Gasteiger partial charge in [-0.15, -0.1) is 0 Å². The average molecular weight is 308 g/mol. The first-order valence-corrected chi connectivity index (χ1v) is 7.51. The maximum Gasteiger partial charge on any atom is 0.326 e. The molecule has 0 saturated carbocycles. The molecular formula is C14H16N2O4S. The Hall–Kier alpha value is -2.02. The Kier molecular flexibility index (Phi) is 5.62. The van der Waals surface area contributed by atoms with E-state index < -0.39 is 5.97 Å². The van der Waals surface area contributed by atoms with Gasteiger partial charge < -0.3 is 15.0 Å². The Bertz CT molecular complexity index is 521. The first-order chi connectivity index (χ1) is 10.1. The molecule has 1 heterocycles. The molecule has 1 N–H and O–H groups in total. The number of nitrogens with zero attached hydrogens (tertiary/aromatic N) is 1. The number of esters is 1. The highest BCUT2D eigenvalue weighted by atomic mass is 32.2. The quantitative estimate of drug-likeness (QED) is 0.794. The van der Waals surface area contributed by atoms with Crippen molar-refractivity contribution in [2.75, 3.05) is 25.4 Å². The zero-order chi connectivity index (χ0) is 15.1. The molecule has 0 unspecified atom stereocenters. The van der Waals surface area contributed by atoms with Gasteiger partial charge in [0.25, 0.3) is 11.1 Å². The summed E-state index contributed by atoms with van der Waals surface area (Å²) < 4.78 is 4.85. The van der Waals surface area contributed by atoms with E-state index >= 15 is 0 Å². The second-order valence-electron chi connectivity index (χ2n) is 4.46. The van der Waals surface area contributed by atoms with Gasteiger partial charge in [0.2, 0.25) is 0 Å². The second-order valence-corrected chi connectivity index (χ2v) is 5.51. The fourth-order valence-electron chi connectivity index (χ4n) is 1.76. The topological polar surface area (TPSA) is 75.7 Å². The summed E-state index contributed by atoms with van der Waals surface area (Å²) in [4.78, 5) is 35.8. The first kappa shape index (κ1) is 15.4. The van der Waals surface area contributed by atoms with Gasteiger partial charge in [0.1, 0.15) is 6.54 Å². The molecule has 2 rings (SSSR count). The van der Waals surface area contributed by atoms with Crippen LogP contribution in [0.4, 0.5) is 4.79 Å². The van der Waals surface area contributed by atoms with E-state index in [1.807, 2.05) is 30.3 Å². The lowest BCUT2D eigenvalue weighted by atomic mass is 10.2. The lowest BCUT2D eigenvalue weighted by Gasteiger charge is -2.13. The van der Waals surface area contributed by atoms with E-state index in [1.165, 1.54) is 16.7 Å². The molecule has 1 fully saturated rings. The van der Waals surface area contributed by atoms with Crippen molar-refractivity contribution >= 4 is 28.9 Å². The van der Waals surface area contributed by atoms with Gasteiger partial charge in [-0.2, -0.15) is 0 Å². The van der Waals surface area contributed by atoms with Crippen molar-refractivity contribution in [3.05, 3.63) is 35.9 Å². The summed E-state index contributed by atoms with van der Waals surface area (Å²) in [7, 11) is 0. The zero-order valence-electron chi connectivity index (χ0n) is 11.4. The third kappa shape index (κ3) is 5.11. The van der Waals surface area contributed by atoms with Crippen LogP contribution in [-0.2, 0) is 20.9 Å². The third-order valence-corrected chi connectivity index (χ3v) is 3.75. The SMILES string of the molecule is O=C(COC(=O)CN1CCSC1=O)NCc1ccccc1. The van der Waals surface area contributed by atoms with Gasteiger partial charge in [-0.05, 0) is 5.56 Å². The summed E-state index contributed by atoms with van der Waals surface area (Å²) in [5, 5.41) is 2.53. The van der Waals surface area contributed by atoms with Gasteiger partial charge in [-0.25, -0.2) is 0 Å². The number of amides is 2. The minimum absolute atomic E-state index is 0.0994. The van der Waals surface area contributed by atoms with Crippen LogP contribution in [0.3, 0.4) is 0 Å². The Morgan fingerprint density at radius 2 is 2.05 bits per heavy atom. The summed E-state index contributed by atoms with van der Waals surface area (Å²) >= 11 is 1.18. The monoisotopic (exact) mass is 308 g/mol. The van der Waals surface area contributed by atoms with E-state index in [4.69, 9.17) is 4.74 Å². The van der Waals surface area contributed by atoms with Crippen LogP contribution >= 0.6 is 11.8 Å². The minimum atomic E-state index is -0.569. The van der Waals surface area contributed by atoms with Crippen LogP contribution in [0, 0.1) is 0 Å². The lowest BCUT2D eigenvalue weighted by molar-refractivity contribution is -0.148. The third-order valence-electron chi connectivity index (χ3n) is 2.86. The second kappa shape index (κ2) is 7.68. The smallest absolute Gasteiger partial charge is 0.326 e. The van der Waals surface area contributed by atoms with Crippen molar-refractivity contribution in [2.45, 2.75) is 6.54 Å². The molecule has 1 aromatic rings. The Morgan fingerprint density at radius 1 is 1.29 bits per heavy atom. The highest BCUT2D eigenvalue weighted by Gasteiger charge is 2.24. The summed E-state index contributed by atoms with van der Waals surface area (Å²) in [5.41, 5.74) is 0.969. The largest absolute Gasteiger partial charge is 0.454 e. The number of hydrogen-bond donors (Lipinski definition) is 1. The molecule has 0 aromatic heterocycles.